The van der Waals surface area contributed by atoms with Crippen LogP contribution in [-0.2, 0) is 0 Å². The Morgan fingerprint density at radius 3 is 2.45 bits per heavy atom. The number of rotatable bonds is 5. The van der Waals surface area contributed by atoms with Crippen LogP contribution in [0.2, 0.25) is 5.02 Å². The highest BCUT2D eigenvalue weighted by molar-refractivity contribution is 6.32. The lowest BCUT2D eigenvalue weighted by atomic mass is 10.2. The second-order valence-corrected chi connectivity index (χ2v) is 4.73. The predicted molar refractivity (Wildman–Crippen MR) is 86.1 cm³/mol. The van der Waals surface area contributed by atoms with Crippen LogP contribution in [0.25, 0.3) is 0 Å². The van der Waals surface area contributed by atoms with E-state index in [0.29, 0.717) is 22.1 Å². The van der Waals surface area contributed by atoms with E-state index in [-0.39, 0.29) is 5.91 Å². The highest BCUT2D eigenvalue weighted by atomic mass is 35.5. The second kappa shape index (κ2) is 7.47. The van der Waals surface area contributed by atoms with Gasteiger partial charge in [0.25, 0.3) is 5.91 Å². The molecule has 2 aromatic carbocycles. The molecule has 2 rings (SSSR count). The lowest BCUT2D eigenvalue weighted by Gasteiger charge is -2.03. The number of carbonyl (C=O) groups is 1. The van der Waals surface area contributed by atoms with Gasteiger partial charge in [0.2, 0.25) is 0 Å². The van der Waals surface area contributed by atoms with E-state index in [1.807, 2.05) is 0 Å². The van der Waals surface area contributed by atoms with Gasteiger partial charge in [0.15, 0.2) is 0 Å². The van der Waals surface area contributed by atoms with E-state index < -0.39 is 0 Å². The van der Waals surface area contributed by atoms with Crippen molar-refractivity contribution in [2.75, 3.05) is 14.2 Å². The van der Waals surface area contributed by atoms with Crippen molar-refractivity contribution in [3.05, 3.63) is 58.6 Å². The zero-order valence-electron chi connectivity index (χ0n) is 12.2. The van der Waals surface area contributed by atoms with Crippen molar-refractivity contribution in [3.8, 4) is 11.5 Å². The minimum atomic E-state index is -0.307. The molecule has 22 heavy (non-hydrogen) atoms. The Morgan fingerprint density at radius 2 is 1.86 bits per heavy atom. The molecule has 0 saturated heterocycles. The van der Waals surface area contributed by atoms with Gasteiger partial charge in [-0.1, -0.05) is 11.6 Å². The highest BCUT2D eigenvalue weighted by Crippen LogP contribution is 2.24. The minimum absolute atomic E-state index is 0.307. The first-order valence-corrected chi connectivity index (χ1v) is 6.83. The van der Waals surface area contributed by atoms with E-state index in [2.05, 4.69) is 10.5 Å². The van der Waals surface area contributed by atoms with Crippen molar-refractivity contribution >= 4 is 23.7 Å². The Morgan fingerprint density at radius 1 is 1.14 bits per heavy atom. The summed E-state index contributed by atoms with van der Waals surface area (Å²) in [5.74, 6) is 0.965. The maximum absolute atomic E-state index is 11.9. The SMILES string of the molecule is COc1ccc(C(=O)N/N=C\c2ccc(OC)c(Cl)c2)cc1. The summed E-state index contributed by atoms with van der Waals surface area (Å²) >= 11 is 6.01. The summed E-state index contributed by atoms with van der Waals surface area (Å²) < 4.78 is 10.1. The van der Waals surface area contributed by atoms with Gasteiger partial charge in [-0.2, -0.15) is 5.10 Å². The predicted octanol–water partition coefficient (Wildman–Crippen LogP) is 3.12. The molecule has 5 nitrogen and oxygen atoms in total. The number of methoxy groups -OCH3 is 2. The number of carbonyl (C=O) groups excluding carboxylic acids is 1. The first-order valence-electron chi connectivity index (χ1n) is 6.45. The molecule has 0 aliphatic rings. The molecule has 114 valence electrons. The number of ether oxygens (including phenoxy) is 2. The molecule has 0 aromatic heterocycles. The smallest absolute Gasteiger partial charge is 0.271 e. The fraction of sp³-hybridized carbons (Fsp3) is 0.125. The number of halogens is 1. The fourth-order valence-corrected chi connectivity index (χ4v) is 2.00. The third kappa shape index (κ3) is 3.99. The topological polar surface area (TPSA) is 59.9 Å². The summed E-state index contributed by atoms with van der Waals surface area (Å²) in [7, 11) is 3.11. The van der Waals surface area contributed by atoms with Crippen LogP contribution in [0.3, 0.4) is 0 Å². The van der Waals surface area contributed by atoms with Crippen LogP contribution < -0.4 is 14.9 Å². The number of amides is 1. The maximum Gasteiger partial charge on any atom is 0.271 e. The molecule has 0 atom stereocenters. The van der Waals surface area contributed by atoms with Gasteiger partial charge in [-0.05, 0) is 48.0 Å². The minimum Gasteiger partial charge on any atom is -0.497 e. The molecule has 0 radical (unpaired) electrons. The standard InChI is InChI=1S/C16H15ClN2O3/c1-21-13-6-4-12(5-7-13)16(20)19-18-10-11-3-8-15(22-2)14(17)9-11/h3-10H,1-2H3,(H,19,20)/b18-10-. The number of hydrogen-bond donors (Lipinski definition) is 1. The summed E-state index contributed by atoms with van der Waals surface area (Å²) in [5.41, 5.74) is 3.69. The maximum atomic E-state index is 11.9. The average Bonchev–Trinajstić information content (AvgIpc) is 2.55. The lowest BCUT2D eigenvalue weighted by molar-refractivity contribution is 0.0955. The highest BCUT2D eigenvalue weighted by Gasteiger charge is 2.04. The summed E-state index contributed by atoms with van der Waals surface area (Å²) in [6.45, 7) is 0. The normalized spacial score (nSPS) is 10.5. The lowest BCUT2D eigenvalue weighted by Crippen LogP contribution is -2.17. The second-order valence-electron chi connectivity index (χ2n) is 4.32. The van der Waals surface area contributed by atoms with E-state index in [4.69, 9.17) is 21.1 Å². The average molecular weight is 319 g/mol. The number of nitrogens with zero attached hydrogens (tertiary/aromatic N) is 1. The van der Waals surface area contributed by atoms with Crippen LogP contribution in [-0.4, -0.2) is 26.3 Å². The van der Waals surface area contributed by atoms with Crippen molar-refractivity contribution in [2.24, 2.45) is 5.10 Å². The van der Waals surface area contributed by atoms with Crippen molar-refractivity contribution in [2.45, 2.75) is 0 Å². The first kappa shape index (κ1) is 15.9. The molecule has 0 heterocycles. The molecule has 6 heteroatoms. The Balaban J connectivity index is 1.99. The van der Waals surface area contributed by atoms with E-state index >= 15 is 0 Å². The van der Waals surface area contributed by atoms with Crippen molar-refractivity contribution in [1.29, 1.82) is 0 Å². The molecular weight excluding hydrogens is 304 g/mol. The van der Waals surface area contributed by atoms with Crippen LogP contribution in [0.1, 0.15) is 15.9 Å². The quantitative estimate of drug-likeness (QED) is 0.680. The zero-order valence-corrected chi connectivity index (χ0v) is 12.9. The molecule has 0 aliphatic carbocycles. The molecule has 0 unspecified atom stereocenters. The van der Waals surface area contributed by atoms with E-state index in [1.165, 1.54) is 6.21 Å². The summed E-state index contributed by atoms with van der Waals surface area (Å²) in [4.78, 5) is 11.9. The monoisotopic (exact) mass is 318 g/mol. The van der Waals surface area contributed by atoms with Crippen LogP contribution in [0.5, 0.6) is 11.5 Å². The Bertz CT molecular complexity index is 684. The van der Waals surface area contributed by atoms with Gasteiger partial charge in [-0.15, -0.1) is 0 Å². The first-order chi connectivity index (χ1) is 10.6. The van der Waals surface area contributed by atoms with Gasteiger partial charge in [0.1, 0.15) is 11.5 Å². The number of hydrogen-bond acceptors (Lipinski definition) is 4. The van der Waals surface area contributed by atoms with Gasteiger partial charge in [-0.25, -0.2) is 5.43 Å². The number of benzene rings is 2. The van der Waals surface area contributed by atoms with Gasteiger partial charge >= 0.3 is 0 Å². The Kier molecular flexibility index (Phi) is 5.38. The molecule has 2 aromatic rings. The van der Waals surface area contributed by atoms with Crippen LogP contribution >= 0.6 is 11.6 Å². The molecule has 0 aliphatic heterocycles. The molecule has 0 spiro atoms. The van der Waals surface area contributed by atoms with Crippen LogP contribution in [0.15, 0.2) is 47.6 Å². The zero-order chi connectivity index (χ0) is 15.9. The molecule has 1 amide bonds. The molecule has 0 fully saturated rings. The molecule has 1 N–H and O–H groups in total. The third-order valence-corrected chi connectivity index (χ3v) is 3.20. The van der Waals surface area contributed by atoms with Crippen molar-refractivity contribution in [1.82, 2.24) is 5.43 Å². The summed E-state index contributed by atoms with van der Waals surface area (Å²) in [5, 5.41) is 4.38. The van der Waals surface area contributed by atoms with Gasteiger partial charge in [-0.3, -0.25) is 4.79 Å². The van der Waals surface area contributed by atoms with Crippen LogP contribution in [0.4, 0.5) is 0 Å². The van der Waals surface area contributed by atoms with Gasteiger partial charge in [0.05, 0.1) is 25.5 Å². The Hall–Kier alpha value is -2.53. The molecule has 0 saturated carbocycles. The number of hydrazone groups is 1. The molecule has 0 bridgehead atoms. The molecular formula is C16H15ClN2O3. The van der Waals surface area contributed by atoms with Crippen molar-refractivity contribution in [3.63, 3.8) is 0 Å². The number of nitrogens with one attached hydrogen (secondary N) is 1. The summed E-state index contributed by atoms with van der Waals surface area (Å²) in [6.07, 6.45) is 1.51. The largest absolute Gasteiger partial charge is 0.497 e. The van der Waals surface area contributed by atoms with E-state index in [9.17, 15) is 4.79 Å². The van der Waals surface area contributed by atoms with Gasteiger partial charge < -0.3 is 9.47 Å². The third-order valence-electron chi connectivity index (χ3n) is 2.91. The van der Waals surface area contributed by atoms with Gasteiger partial charge in [0, 0.05) is 5.56 Å². The van der Waals surface area contributed by atoms with Crippen molar-refractivity contribution < 1.29 is 14.3 Å². The van der Waals surface area contributed by atoms with Crippen LogP contribution in [0, 0.1) is 0 Å². The van der Waals surface area contributed by atoms with E-state index in [0.717, 1.165) is 5.56 Å². The van der Waals surface area contributed by atoms with E-state index in [1.54, 1.807) is 56.7 Å². The Labute approximate surface area is 133 Å². The summed E-state index contributed by atoms with van der Waals surface area (Å²) in [6, 6.07) is 12.0. The fourth-order valence-electron chi connectivity index (χ4n) is 1.74.